The van der Waals surface area contributed by atoms with Crippen LogP contribution in [-0.4, -0.2) is 29.4 Å². The summed E-state index contributed by atoms with van der Waals surface area (Å²) < 4.78 is 10.8. The largest absolute Gasteiger partial charge is 0.381 e. The van der Waals surface area contributed by atoms with Crippen molar-refractivity contribution in [2.45, 2.75) is 58.9 Å². The Bertz CT molecular complexity index is 431. The fraction of sp³-hybridized carbons (Fsp3) is 0.867. The molecule has 1 aromatic heterocycles. The summed E-state index contributed by atoms with van der Waals surface area (Å²) >= 11 is 0. The lowest BCUT2D eigenvalue weighted by atomic mass is 9.61. The van der Waals surface area contributed by atoms with Crippen LogP contribution < -0.4 is 5.73 Å². The lowest BCUT2D eigenvalue weighted by Crippen LogP contribution is -2.45. The molecule has 0 bridgehead atoms. The molecule has 3 atom stereocenters. The van der Waals surface area contributed by atoms with Gasteiger partial charge in [0.2, 0.25) is 5.89 Å². The van der Waals surface area contributed by atoms with E-state index in [0.29, 0.717) is 24.9 Å². The smallest absolute Gasteiger partial charge is 0.230 e. The first-order chi connectivity index (χ1) is 9.46. The van der Waals surface area contributed by atoms with E-state index in [1.165, 1.54) is 0 Å². The summed E-state index contributed by atoms with van der Waals surface area (Å²) in [7, 11) is 0. The molecule has 20 heavy (non-hydrogen) atoms. The molecule has 1 fully saturated rings. The van der Waals surface area contributed by atoms with Crippen molar-refractivity contribution in [1.29, 1.82) is 0 Å². The summed E-state index contributed by atoms with van der Waals surface area (Å²) in [6.45, 7) is 10.1. The van der Waals surface area contributed by atoms with Crippen LogP contribution in [0.2, 0.25) is 0 Å². The third-order valence-corrected chi connectivity index (χ3v) is 4.96. The van der Waals surface area contributed by atoms with Gasteiger partial charge in [-0.25, -0.2) is 0 Å². The van der Waals surface area contributed by atoms with Crippen molar-refractivity contribution in [3.8, 4) is 0 Å². The van der Waals surface area contributed by atoms with Crippen LogP contribution in [0.1, 0.15) is 58.2 Å². The number of rotatable bonds is 5. The normalized spacial score (nSPS) is 29.6. The van der Waals surface area contributed by atoms with Gasteiger partial charge in [-0.05, 0) is 31.1 Å². The van der Waals surface area contributed by atoms with Crippen LogP contribution >= 0.6 is 0 Å². The Morgan fingerprint density at radius 3 is 2.85 bits per heavy atom. The molecule has 1 saturated carbocycles. The van der Waals surface area contributed by atoms with Crippen molar-refractivity contribution >= 4 is 0 Å². The first kappa shape index (κ1) is 15.4. The highest BCUT2D eigenvalue weighted by Crippen LogP contribution is 2.49. The molecule has 1 heterocycles. The first-order valence-electron chi connectivity index (χ1n) is 7.62. The molecule has 114 valence electrons. The van der Waals surface area contributed by atoms with E-state index < -0.39 is 0 Å². The molecule has 0 aromatic carbocycles. The third kappa shape index (κ3) is 3.04. The Hall–Kier alpha value is -0.940. The number of aromatic nitrogens is 2. The van der Waals surface area contributed by atoms with Gasteiger partial charge in [0.05, 0.1) is 6.61 Å². The molecule has 1 aliphatic rings. The lowest BCUT2D eigenvalue weighted by molar-refractivity contribution is 0.0806. The minimum Gasteiger partial charge on any atom is -0.381 e. The maximum atomic E-state index is 6.20. The second kappa shape index (κ2) is 6.22. The van der Waals surface area contributed by atoms with E-state index in [1.807, 2.05) is 6.92 Å². The first-order valence-corrected chi connectivity index (χ1v) is 7.62. The van der Waals surface area contributed by atoms with Gasteiger partial charge < -0.3 is 15.0 Å². The van der Waals surface area contributed by atoms with Crippen molar-refractivity contribution in [2.24, 2.45) is 17.1 Å². The van der Waals surface area contributed by atoms with Gasteiger partial charge in [0.1, 0.15) is 0 Å². The quantitative estimate of drug-likeness (QED) is 0.839. The van der Waals surface area contributed by atoms with Crippen LogP contribution in [-0.2, 0) is 11.2 Å². The molecular formula is C15H27N3O2. The molecule has 0 radical (unpaired) electrons. The van der Waals surface area contributed by atoms with E-state index >= 15 is 0 Å². The van der Waals surface area contributed by atoms with Crippen molar-refractivity contribution in [2.75, 3.05) is 13.2 Å². The maximum Gasteiger partial charge on any atom is 0.230 e. The van der Waals surface area contributed by atoms with Crippen molar-refractivity contribution in [1.82, 2.24) is 10.1 Å². The monoisotopic (exact) mass is 281 g/mol. The molecule has 0 spiro atoms. The van der Waals surface area contributed by atoms with E-state index in [-0.39, 0.29) is 11.5 Å². The van der Waals surface area contributed by atoms with Crippen LogP contribution in [0.4, 0.5) is 0 Å². The topological polar surface area (TPSA) is 74.2 Å². The van der Waals surface area contributed by atoms with Gasteiger partial charge in [0, 0.05) is 25.0 Å². The molecule has 1 aliphatic carbocycles. The molecule has 0 aliphatic heterocycles. The Morgan fingerprint density at radius 1 is 1.40 bits per heavy atom. The molecule has 1 aromatic rings. The number of nitrogens with two attached hydrogens (primary N) is 1. The van der Waals surface area contributed by atoms with E-state index in [0.717, 1.165) is 31.2 Å². The minimum atomic E-state index is 0.0847. The standard InChI is InChI=1S/C15H27N3O2/c1-5-19-9-8-13-17-14(20-18-13)11-6-7-12(16)10(2)15(11,3)4/h10-12H,5-9,16H2,1-4H3. The molecular weight excluding hydrogens is 254 g/mol. The maximum absolute atomic E-state index is 6.20. The van der Waals surface area contributed by atoms with Crippen LogP contribution in [0.15, 0.2) is 4.52 Å². The highest BCUT2D eigenvalue weighted by molar-refractivity contribution is 5.06. The summed E-state index contributed by atoms with van der Waals surface area (Å²) in [5, 5.41) is 4.08. The summed E-state index contributed by atoms with van der Waals surface area (Å²) in [5.74, 6) is 2.25. The second-order valence-electron chi connectivity index (χ2n) is 6.40. The Balaban J connectivity index is 2.07. The number of ether oxygens (including phenoxy) is 1. The van der Waals surface area contributed by atoms with E-state index in [2.05, 4.69) is 30.9 Å². The predicted molar refractivity (Wildman–Crippen MR) is 77.4 cm³/mol. The fourth-order valence-corrected chi connectivity index (χ4v) is 3.11. The summed E-state index contributed by atoms with van der Waals surface area (Å²) in [6, 6.07) is 0.265. The Labute approximate surface area is 121 Å². The lowest BCUT2D eigenvalue weighted by Gasteiger charge is -2.45. The molecule has 3 unspecified atom stereocenters. The molecule has 0 saturated heterocycles. The minimum absolute atomic E-state index is 0.0847. The van der Waals surface area contributed by atoms with Gasteiger partial charge >= 0.3 is 0 Å². The molecule has 5 heteroatoms. The zero-order valence-electron chi connectivity index (χ0n) is 13.1. The SMILES string of the molecule is CCOCCc1noc(C2CCC(N)C(C)C2(C)C)n1. The number of hydrogen-bond donors (Lipinski definition) is 1. The number of hydrogen-bond acceptors (Lipinski definition) is 5. The summed E-state index contributed by atoms with van der Waals surface area (Å²) in [4.78, 5) is 4.56. The molecule has 2 N–H and O–H groups in total. The van der Waals surface area contributed by atoms with Gasteiger partial charge in [-0.15, -0.1) is 0 Å². The average Bonchev–Trinajstić information content (AvgIpc) is 2.85. The van der Waals surface area contributed by atoms with Gasteiger partial charge in [-0.3, -0.25) is 0 Å². The van der Waals surface area contributed by atoms with Crippen LogP contribution in [0.25, 0.3) is 0 Å². The van der Waals surface area contributed by atoms with Gasteiger partial charge in [-0.1, -0.05) is 25.9 Å². The van der Waals surface area contributed by atoms with Crippen LogP contribution in [0, 0.1) is 11.3 Å². The highest BCUT2D eigenvalue weighted by Gasteiger charge is 2.44. The van der Waals surface area contributed by atoms with Crippen molar-refractivity contribution in [3.05, 3.63) is 11.7 Å². The molecule has 0 amide bonds. The average molecular weight is 281 g/mol. The van der Waals surface area contributed by atoms with Crippen LogP contribution in [0.5, 0.6) is 0 Å². The Morgan fingerprint density at radius 2 is 2.15 bits per heavy atom. The summed E-state index contributed by atoms with van der Waals surface area (Å²) in [5.41, 5.74) is 6.28. The van der Waals surface area contributed by atoms with Crippen molar-refractivity contribution < 1.29 is 9.26 Å². The third-order valence-electron chi connectivity index (χ3n) is 4.96. The van der Waals surface area contributed by atoms with Crippen molar-refractivity contribution in [3.63, 3.8) is 0 Å². The van der Waals surface area contributed by atoms with E-state index in [9.17, 15) is 0 Å². The Kier molecular flexibility index (Phi) is 4.81. The zero-order valence-corrected chi connectivity index (χ0v) is 13.1. The fourth-order valence-electron chi connectivity index (χ4n) is 3.11. The van der Waals surface area contributed by atoms with Crippen LogP contribution in [0.3, 0.4) is 0 Å². The van der Waals surface area contributed by atoms with Gasteiger partial charge in [0.15, 0.2) is 5.82 Å². The van der Waals surface area contributed by atoms with Gasteiger partial charge in [-0.2, -0.15) is 4.98 Å². The zero-order chi connectivity index (χ0) is 14.8. The number of nitrogens with zero attached hydrogens (tertiary/aromatic N) is 2. The predicted octanol–water partition coefficient (Wildman–Crippen LogP) is 2.52. The van der Waals surface area contributed by atoms with E-state index in [4.69, 9.17) is 15.0 Å². The second-order valence-corrected chi connectivity index (χ2v) is 6.40. The summed E-state index contributed by atoms with van der Waals surface area (Å²) in [6.07, 6.45) is 2.75. The van der Waals surface area contributed by atoms with E-state index in [1.54, 1.807) is 0 Å². The molecule has 2 rings (SSSR count). The molecule has 5 nitrogen and oxygen atoms in total. The highest BCUT2D eigenvalue weighted by atomic mass is 16.5. The van der Waals surface area contributed by atoms with Gasteiger partial charge in [0.25, 0.3) is 0 Å².